The summed E-state index contributed by atoms with van der Waals surface area (Å²) < 4.78 is 0. The minimum atomic E-state index is -0.108. The molecule has 1 aromatic carbocycles. The van der Waals surface area contributed by atoms with Crippen LogP contribution in [-0.2, 0) is 6.42 Å². The molecule has 1 saturated heterocycles. The minimum Gasteiger partial charge on any atom is -0.382 e. The Morgan fingerprint density at radius 2 is 1.82 bits per heavy atom. The molecule has 22 heavy (non-hydrogen) atoms. The van der Waals surface area contributed by atoms with Crippen LogP contribution in [0.15, 0.2) is 42.7 Å². The molecule has 0 radical (unpaired) electrons. The smallest absolute Gasteiger partial charge is 0.276 e. The monoisotopic (exact) mass is 296 g/mol. The van der Waals surface area contributed by atoms with Crippen molar-refractivity contribution < 1.29 is 4.79 Å². The fourth-order valence-corrected chi connectivity index (χ4v) is 2.95. The van der Waals surface area contributed by atoms with Gasteiger partial charge in [-0.3, -0.25) is 4.79 Å². The number of nitrogens with two attached hydrogens (primary N) is 1. The molecule has 0 atom stereocenters. The van der Waals surface area contributed by atoms with E-state index < -0.39 is 0 Å². The highest BCUT2D eigenvalue weighted by Crippen LogP contribution is 2.23. The molecule has 5 heteroatoms. The van der Waals surface area contributed by atoms with Gasteiger partial charge in [-0.1, -0.05) is 30.3 Å². The van der Waals surface area contributed by atoms with E-state index in [0.29, 0.717) is 5.92 Å². The van der Waals surface area contributed by atoms with Gasteiger partial charge in [-0.05, 0) is 30.7 Å². The first-order valence-corrected chi connectivity index (χ1v) is 7.63. The molecule has 3 rings (SSSR count). The van der Waals surface area contributed by atoms with Gasteiger partial charge in [-0.25, -0.2) is 9.97 Å². The third-order valence-electron chi connectivity index (χ3n) is 4.20. The molecule has 2 N–H and O–H groups in total. The lowest BCUT2D eigenvalue weighted by molar-refractivity contribution is 0.0685. The number of anilines is 1. The first kappa shape index (κ1) is 14.5. The average molecular weight is 296 g/mol. The van der Waals surface area contributed by atoms with Gasteiger partial charge in [-0.15, -0.1) is 0 Å². The van der Waals surface area contributed by atoms with Crippen LogP contribution in [0.3, 0.4) is 0 Å². The first-order chi connectivity index (χ1) is 10.7. The maximum atomic E-state index is 12.4. The highest BCUT2D eigenvalue weighted by molar-refractivity contribution is 5.96. The predicted octanol–water partition coefficient (Wildman–Crippen LogP) is 2.15. The van der Waals surface area contributed by atoms with Crippen molar-refractivity contribution in [2.45, 2.75) is 19.3 Å². The number of carbonyl (C=O) groups is 1. The lowest BCUT2D eigenvalue weighted by atomic mass is 9.90. The molecule has 114 valence electrons. The second-order valence-electron chi connectivity index (χ2n) is 5.72. The molecule has 1 aliphatic rings. The van der Waals surface area contributed by atoms with Gasteiger partial charge in [0.2, 0.25) is 0 Å². The van der Waals surface area contributed by atoms with Crippen molar-refractivity contribution in [2.75, 3.05) is 18.8 Å². The van der Waals surface area contributed by atoms with Gasteiger partial charge >= 0.3 is 0 Å². The third-order valence-corrected chi connectivity index (χ3v) is 4.20. The molecule has 1 amide bonds. The second kappa shape index (κ2) is 6.56. The number of nitrogen functional groups attached to an aromatic ring is 1. The van der Waals surface area contributed by atoms with E-state index in [-0.39, 0.29) is 17.4 Å². The lowest BCUT2D eigenvalue weighted by Gasteiger charge is -2.32. The Labute approximate surface area is 130 Å². The fraction of sp³-hybridized carbons (Fsp3) is 0.353. The van der Waals surface area contributed by atoms with Gasteiger partial charge in [0.05, 0.1) is 0 Å². The van der Waals surface area contributed by atoms with E-state index in [1.54, 1.807) is 0 Å². The second-order valence-corrected chi connectivity index (χ2v) is 5.72. The number of amides is 1. The molecule has 1 aliphatic heterocycles. The maximum absolute atomic E-state index is 12.4. The molecule has 5 nitrogen and oxygen atoms in total. The zero-order valence-corrected chi connectivity index (χ0v) is 12.5. The van der Waals surface area contributed by atoms with Crippen molar-refractivity contribution in [2.24, 2.45) is 5.92 Å². The first-order valence-electron chi connectivity index (χ1n) is 7.63. The highest BCUT2D eigenvalue weighted by Gasteiger charge is 2.25. The van der Waals surface area contributed by atoms with Crippen molar-refractivity contribution in [3.05, 3.63) is 54.0 Å². The molecule has 0 spiro atoms. The Kier molecular flexibility index (Phi) is 4.32. The van der Waals surface area contributed by atoms with Crippen LogP contribution in [-0.4, -0.2) is 33.9 Å². The summed E-state index contributed by atoms with van der Waals surface area (Å²) in [6, 6.07) is 10.5. The standard InChI is InChI=1S/C17H20N4O/c18-16-15(19-8-9-20-16)17(22)21-10-6-14(7-11-21)12-13-4-2-1-3-5-13/h1-5,8-9,14H,6-7,10-12H2,(H2,18,20). The zero-order valence-electron chi connectivity index (χ0n) is 12.5. The summed E-state index contributed by atoms with van der Waals surface area (Å²) in [7, 11) is 0. The summed E-state index contributed by atoms with van der Waals surface area (Å²) in [5, 5.41) is 0. The molecule has 0 saturated carbocycles. The van der Waals surface area contributed by atoms with Crippen LogP contribution in [0, 0.1) is 5.92 Å². The van der Waals surface area contributed by atoms with Crippen LogP contribution in [0.5, 0.6) is 0 Å². The summed E-state index contributed by atoms with van der Waals surface area (Å²) in [5.41, 5.74) is 7.37. The van der Waals surface area contributed by atoms with Crippen LogP contribution in [0.25, 0.3) is 0 Å². The Balaban J connectivity index is 1.58. The lowest BCUT2D eigenvalue weighted by Crippen LogP contribution is -2.39. The molecule has 2 aromatic rings. The molecule has 0 bridgehead atoms. The van der Waals surface area contributed by atoms with Crippen LogP contribution in [0.1, 0.15) is 28.9 Å². The van der Waals surface area contributed by atoms with E-state index in [4.69, 9.17) is 5.73 Å². The highest BCUT2D eigenvalue weighted by atomic mass is 16.2. The Hall–Kier alpha value is -2.43. The summed E-state index contributed by atoms with van der Waals surface area (Å²) in [5.74, 6) is 0.730. The van der Waals surface area contributed by atoms with Crippen molar-refractivity contribution in [3.63, 3.8) is 0 Å². The number of hydrogen-bond donors (Lipinski definition) is 1. The number of carbonyl (C=O) groups excluding carboxylic acids is 1. The number of rotatable bonds is 3. The SMILES string of the molecule is Nc1nccnc1C(=O)N1CCC(Cc2ccccc2)CC1. The van der Waals surface area contributed by atoms with Crippen molar-refractivity contribution in [1.82, 2.24) is 14.9 Å². The van der Waals surface area contributed by atoms with E-state index in [0.717, 1.165) is 32.4 Å². The largest absolute Gasteiger partial charge is 0.382 e. The van der Waals surface area contributed by atoms with E-state index in [1.807, 2.05) is 11.0 Å². The Morgan fingerprint density at radius 3 is 2.50 bits per heavy atom. The summed E-state index contributed by atoms with van der Waals surface area (Å²) in [6.07, 6.45) is 6.11. The van der Waals surface area contributed by atoms with Gasteiger partial charge in [0.1, 0.15) is 0 Å². The summed E-state index contributed by atoms with van der Waals surface area (Å²) in [6.45, 7) is 1.51. The number of benzene rings is 1. The number of nitrogens with zero attached hydrogens (tertiary/aromatic N) is 3. The van der Waals surface area contributed by atoms with Crippen LogP contribution < -0.4 is 5.73 Å². The van der Waals surface area contributed by atoms with Crippen LogP contribution >= 0.6 is 0 Å². The predicted molar refractivity (Wildman–Crippen MR) is 85.2 cm³/mol. The quantitative estimate of drug-likeness (QED) is 0.942. The van der Waals surface area contributed by atoms with Gasteiger partial charge in [0.15, 0.2) is 11.5 Å². The number of hydrogen-bond acceptors (Lipinski definition) is 4. The van der Waals surface area contributed by atoms with E-state index in [1.165, 1.54) is 18.0 Å². The number of aromatic nitrogens is 2. The maximum Gasteiger partial charge on any atom is 0.276 e. The summed E-state index contributed by atoms with van der Waals surface area (Å²) in [4.78, 5) is 22.3. The van der Waals surface area contributed by atoms with Gasteiger partial charge < -0.3 is 10.6 Å². The van der Waals surface area contributed by atoms with Gasteiger partial charge in [0.25, 0.3) is 5.91 Å². The van der Waals surface area contributed by atoms with Crippen molar-refractivity contribution in [3.8, 4) is 0 Å². The molecule has 1 fully saturated rings. The van der Waals surface area contributed by atoms with Gasteiger partial charge in [0, 0.05) is 25.5 Å². The van der Waals surface area contributed by atoms with Crippen molar-refractivity contribution >= 4 is 11.7 Å². The van der Waals surface area contributed by atoms with E-state index >= 15 is 0 Å². The van der Waals surface area contributed by atoms with Crippen LogP contribution in [0.2, 0.25) is 0 Å². The molecule has 0 aliphatic carbocycles. The van der Waals surface area contributed by atoms with Crippen LogP contribution in [0.4, 0.5) is 5.82 Å². The number of piperidine rings is 1. The topological polar surface area (TPSA) is 72.1 Å². The molecule has 2 heterocycles. The number of likely N-dealkylation sites (tertiary alicyclic amines) is 1. The Bertz CT molecular complexity index is 636. The van der Waals surface area contributed by atoms with E-state index in [2.05, 4.69) is 34.2 Å². The Morgan fingerprint density at radius 1 is 1.14 bits per heavy atom. The summed E-state index contributed by atoms with van der Waals surface area (Å²) >= 11 is 0. The molecule has 1 aromatic heterocycles. The third kappa shape index (κ3) is 3.24. The van der Waals surface area contributed by atoms with Crippen molar-refractivity contribution in [1.29, 1.82) is 0 Å². The zero-order chi connectivity index (χ0) is 15.4. The van der Waals surface area contributed by atoms with Gasteiger partial charge in [-0.2, -0.15) is 0 Å². The minimum absolute atomic E-state index is 0.108. The fourth-order valence-electron chi connectivity index (χ4n) is 2.95. The molecular weight excluding hydrogens is 276 g/mol. The molecular formula is C17H20N4O. The van der Waals surface area contributed by atoms with E-state index in [9.17, 15) is 4.79 Å². The normalized spacial score (nSPS) is 15.7. The average Bonchev–Trinajstić information content (AvgIpc) is 2.56. The molecule has 0 unspecified atom stereocenters.